The Kier molecular flexibility index (Phi) is 5.74. The summed E-state index contributed by atoms with van der Waals surface area (Å²) in [6.45, 7) is 5.59. The third-order valence-corrected chi connectivity index (χ3v) is 7.01. The van der Waals surface area contributed by atoms with Crippen molar-refractivity contribution >= 4 is 27.9 Å². The van der Waals surface area contributed by atoms with E-state index in [2.05, 4.69) is 28.1 Å². The van der Waals surface area contributed by atoms with Gasteiger partial charge in [0.2, 0.25) is 5.91 Å². The van der Waals surface area contributed by atoms with Crippen LogP contribution in [0.15, 0.2) is 24.3 Å². The number of nitrogens with zero attached hydrogens (tertiary/aromatic N) is 3. The van der Waals surface area contributed by atoms with Crippen LogP contribution in [0.3, 0.4) is 0 Å². The van der Waals surface area contributed by atoms with E-state index in [0.29, 0.717) is 28.8 Å². The fourth-order valence-electron chi connectivity index (χ4n) is 4.20. The maximum atomic E-state index is 12.6. The molecule has 1 aromatic carbocycles. The van der Waals surface area contributed by atoms with Crippen LogP contribution >= 0.6 is 11.3 Å². The van der Waals surface area contributed by atoms with E-state index in [9.17, 15) is 15.2 Å². The first kappa shape index (κ1) is 19.7. The Bertz CT molecular complexity index is 941. The summed E-state index contributed by atoms with van der Waals surface area (Å²) in [5.41, 5.74) is 2.64. The monoisotopic (exact) mass is 410 g/mol. The number of phenolic OH excluding ortho intramolecular Hbond substituents is 1. The van der Waals surface area contributed by atoms with E-state index in [-0.39, 0.29) is 5.91 Å². The summed E-state index contributed by atoms with van der Waals surface area (Å²) >= 11 is 1.57. The first-order valence-electron chi connectivity index (χ1n) is 10.1. The molecular weight excluding hydrogens is 384 g/mol. The number of thiophene rings is 1. The topological polar surface area (TPSA) is 79.6 Å². The molecular formula is C22H26N4O2S. The number of benzene rings is 1. The van der Waals surface area contributed by atoms with Gasteiger partial charge in [-0.05, 0) is 42.9 Å². The van der Waals surface area contributed by atoms with Gasteiger partial charge >= 0.3 is 0 Å². The molecule has 2 aliphatic rings. The van der Waals surface area contributed by atoms with Gasteiger partial charge in [0.25, 0.3) is 0 Å². The number of phenols is 1. The van der Waals surface area contributed by atoms with E-state index in [0.717, 1.165) is 56.7 Å². The van der Waals surface area contributed by atoms with E-state index < -0.39 is 0 Å². The largest absolute Gasteiger partial charge is 0.506 e. The summed E-state index contributed by atoms with van der Waals surface area (Å²) < 4.78 is 0. The molecule has 0 radical (unpaired) electrons. The van der Waals surface area contributed by atoms with Crippen molar-refractivity contribution in [3.63, 3.8) is 0 Å². The maximum absolute atomic E-state index is 12.6. The fourth-order valence-corrected chi connectivity index (χ4v) is 5.58. The van der Waals surface area contributed by atoms with Gasteiger partial charge in [-0.1, -0.05) is 19.1 Å². The number of rotatable bonds is 4. The number of anilines is 2. The number of para-hydroxylation sites is 2. The number of nitrogens with one attached hydrogen (secondary N) is 1. The second-order valence-electron chi connectivity index (χ2n) is 7.97. The molecule has 2 aromatic rings. The molecule has 6 nitrogen and oxygen atoms in total. The second-order valence-corrected chi connectivity index (χ2v) is 9.07. The van der Waals surface area contributed by atoms with Crippen molar-refractivity contribution < 1.29 is 9.90 Å². The Morgan fingerprint density at radius 3 is 2.79 bits per heavy atom. The van der Waals surface area contributed by atoms with Crippen LogP contribution in [-0.4, -0.2) is 48.6 Å². The predicted molar refractivity (Wildman–Crippen MR) is 116 cm³/mol. The highest BCUT2D eigenvalue weighted by atomic mass is 32.1. The summed E-state index contributed by atoms with van der Waals surface area (Å²) in [5.74, 6) is 0.861. The van der Waals surface area contributed by atoms with Crippen molar-refractivity contribution in [3.05, 3.63) is 40.3 Å². The number of fused-ring (bicyclic) bond motifs is 1. The minimum absolute atomic E-state index is 0.0656. The maximum Gasteiger partial charge on any atom is 0.239 e. The van der Waals surface area contributed by atoms with Gasteiger partial charge in [0, 0.05) is 31.1 Å². The van der Waals surface area contributed by atoms with Crippen molar-refractivity contribution in [2.45, 2.75) is 26.2 Å². The number of hydrogen-bond donors (Lipinski definition) is 2. The predicted octanol–water partition coefficient (Wildman–Crippen LogP) is 3.21. The molecule has 1 aromatic heterocycles. The van der Waals surface area contributed by atoms with Gasteiger partial charge < -0.3 is 15.3 Å². The second kappa shape index (κ2) is 8.44. The molecule has 0 saturated carbocycles. The minimum Gasteiger partial charge on any atom is -0.506 e. The quantitative estimate of drug-likeness (QED) is 0.809. The van der Waals surface area contributed by atoms with Crippen LogP contribution in [-0.2, 0) is 17.6 Å². The van der Waals surface area contributed by atoms with Crippen LogP contribution in [0.5, 0.6) is 5.75 Å². The van der Waals surface area contributed by atoms with Gasteiger partial charge in [-0.25, -0.2) is 0 Å². The first-order chi connectivity index (χ1) is 14.0. The lowest BCUT2D eigenvalue weighted by Gasteiger charge is -2.35. The van der Waals surface area contributed by atoms with Crippen LogP contribution < -0.4 is 10.2 Å². The average Bonchev–Trinajstić information content (AvgIpc) is 3.04. The summed E-state index contributed by atoms with van der Waals surface area (Å²) in [6, 6.07) is 9.66. The number of carbonyl (C=O) groups is 1. The molecule has 2 N–H and O–H groups in total. The van der Waals surface area contributed by atoms with Gasteiger partial charge in [0.15, 0.2) is 0 Å². The van der Waals surface area contributed by atoms with Crippen molar-refractivity contribution in [1.82, 2.24) is 4.90 Å². The number of nitriles is 1. The highest BCUT2D eigenvalue weighted by molar-refractivity contribution is 7.16. The smallest absolute Gasteiger partial charge is 0.239 e. The Balaban J connectivity index is 1.34. The zero-order valence-electron chi connectivity index (χ0n) is 16.6. The normalized spacial score (nSPS) is 19.4. The fraction of sp³-hybridized carbons (Fsp3) is 0.455. The van der Waals surface area contributed by atoms with Gasteiger partial charge in [-0.2, -0.15) is 5.26 Å². The van der Waals surface area contributed by atoms with Crippen molar-refractivity contribution in [1.29, 1.82) is 5.26 Å². The number of hydrogen-bond acceptors (Lipinski definition) is 6. The third kappa shape index (κ3) is 4.24. The van der Waals surface area contributed by atoms with Crippen molar-refractivity contribution in [3.8, 4) is 11.8 Å². The Morgan fingerprint density at radius 1 is 1.31 bits per heavy atom. The van der Waals surface area contributed by atoms with E-state index >= 15 is 0 Å². The molecule has 1 fully saturated rings. The zero-order chi connectivity index (χ0) is 20.4. The Morgan fingerprint density at radius 2 is 2.07 bits per heavy atom. The summed E-state index contributed by atoms with van der Waals surface area (Å²) in [7, 11) is 0. The molecule has 2 heterocycles. The Labute approximate surface area is 175 Å². The van der Waals surface area contributed by atoms with Crippen LogP contribution in [0.25, 0.3) is 0 Å². The van der Waals surface area contributed by atoms with Crippen molar-refractivity contribution in [2.75, 3.05) is 42.9 Å². The molecule has 1 atom stereocenters. The van der Waals surface area contributed by atoms with E-state index in [4.69, 9.17) is 0 Å². The number of aromatic hydroxyl groups is 1. The number of piperazine rings is 1. The molecule has 1 saturated heterocycles. The lowest BCUT2D eigenvalue weighted by molar-refractivity contribution is -0.117. The van der Waals surface area contributed by atoms with Crippen LogP contribution in [0.2, 0.25) is 0 Å². The highest BCUT2D eigenvalue weighted by Crippen LogP contribution is 2.39. The summed E-state index contributed by atoms with van der Waals surface area (Å²) in [4.78, 5) is 18.1. The minimum atomic E-state index is -0.0656. The molecule has 0 spiro atoms. The van der Waals surface area contributed by atoms with Gasteiger partial charge in [-0.3, -0.25) is 9.69 Å². The lowest BCUT2D eigenvalue weighted by atomic mass is 9.89. The Hall–Kier alpha value is -2.56. The molecule has 7 heteroatoms. The first-order valence-corrected chi connectivity index (χ1v) is 11.0. The molecule has 152 valence electrons. The van der Waals surface area contributed by atoms with Crippen LogP contribution in [0.4, 0.5) is 10.7 Å². The van der Waals surface area contributed by atoms with E-state index in [1.54, 1.807) is 17.4 Å². The highest BCUT2D eigenvalue weighted by Gasteiger charge is 2.26. The molecule has 1 aliphatic carbocycles. The average molecular weight is 411 g/mol. The molecule has 1 amide bonds. The molecule has 4 rings (SSSR count). The zero-order valence-corrected chi connectivity index (χ0v) is 17.5. The van der Waals surface area contributed by atoms with E-state index in [1.807, 2.05) is 18.2 Å². The van der Waals surface area contributed by atoms with Crippen LogP contribution in [0.1, 0.15) is 29.3 Å². The van der Waals surface area contributed by atoms with Gasteiger partial charge in [0.05, 0.1) is 17.8 Å². The number of amides is 1. The molecule has 29 heavy (non-hydrogen) atoms. The summed E-state index contributed by atoms with van der Waals surface area (Å²) in [6.07, 6.45) is 3.03. The van der Waals surface area contributed by atoms with Gasteiger partial charge in [0.1, 0.15) is 16.8 Å². The molecule has 0 bridgehead atoms. The number of carbonyl (C=O) groups excluding carboxylic acids is 1. The van der Waals surface area contributed by atoms with E-state index in [1.165, 1.54) is 4.88 Å². The lowest BCUT2D eigenvalue weighted by Crippen LogP contribution is -2.48. The summed E-state index contributed by atoms with van der Waals surface area (Å²) in [5, 5.41) is 23.3. The third-order valence-electron chi connectivity index (χ3n) is 5.84. The molecule has 1 aliphatic heterocycles. The van der Waals surface area contributed by atoms with Crippen LogP contribution in [0, 0.1) is 17.2 Å². The standard InChI is InChI=1S/C22H26N4O2S/c1-15-6-7-16-17(13-23)22(29-20(16)12-15)24-21(28)14-25-8-10-26(11-9-25)18-4-2-3-5-19(18)27/h2-5,15,27H,6-12,14H2,1H3,(H,24,28)/t15-/m0/s1. The SMILES string of the molecule is C[C@H]1CCc2c(sc(NC(=O)CN3CCN(c4ccccc4O)CC3)c2C#N)C1. The van der Waals surface area contributed by atoms with Crippen molar-refractivity contribution in [2.24, 2.45) is 5.92 Å². The van der Waals surface area contributed by atoms with Gasteiger partial charge in [-0.15, -0.1) is 11.3 Å². The molecule has 0 unspecified atom stereocenters.